The summed E-state index contributed by atoms with van der Waals surface area (Å²) in [5.41, 5.74) is 7.12. The van der Waals surface area contributed by atoms with Gasteiger partial charge in [-0.1, -0.05) is 23.2 Å². The van der Waals surface area contributed by atoms with Crippen LogP contribution in [0.1, 0.15) is 16.3 Å². The lowest BCUT2D eigenvalue weighted by atomic mass is 10.3. The molecule has 9 heteroatoms. The normalized spacial score (nSPS) is 10.9. The molecular formula is C13H10Cl2N6O. The molecule has 0 radical (unpaired) electrons. The summed E-state index contributed by atoms with van der Waals surface area (Å²) in [6.07, 6.45) is 1.60. The first-order valence-corrected chi connectivity index (χ1v) is 6.95. The van der Waals surface area contributed by atoms with Gasteiger partial charge in [-0.15, -0.1) is 5.10 Å². The van der Waals surface area contributed by atoms with Crippen molar-refractivity contribution in [3.05, 3.63) is 46.0 Å². The van der Waals surface area contributed by atoms with E-state index >= 15 is 0 Å². The van der Waals surface area contributed by atoms with Gasteiger partial charge in [-0.05, 0) is 25.1 Å². The van der Waals surface area contributed by atoms with Crippen molar-refractivity contribution in [1.82, 2.24) is 19.6 Å². The molecule has 3 aromatic rings. The standard InChI is InChI=1S/C13H10Cl2N6O/c1-6-2-3-17-13-19-11(20-21(6)13)12(22)18-7-4-8(14)10(16)9(15)5-7/h2-5H,16H2,1H3,(H,18,22). The second-order valence-corrected chi connectivity index (χ2v) is 5.36. The van der Waals surface area contributed by atoms with Crippen LogP contribution >= 0.6 is 23.2 Å². The van der Waals surface area contributed by atoms with Gasteiger partial charge in [0, 0.05) is 17.6 Å². The lowest BCUT2D eigenvalue weighted by Crippen LogP contribution is -2.14. The van der Waals surface area contributed by atoms with E-state index in [1.165, 1.54) is 16.6 Å². The van der Waals surface area contributed by atoms with Crippen LogP contribution in [0.2, 0.25) is 10.0 Å². The zero-order chi connectivity index (χ0) is 15.9. The minimum absolute atomic E-state index is 0.00845. The Kier molecular flexibility index (Phi) is 3.59. The molecule has 2 aromatic heterocycles. The van der Waals surface area contributed by atoms with E-state index in [9.17, 15) is 4.79 Å². The van der Waals surface area contributed by atoms with E-state index in [1.54, 1.807) is 12.3 Å². The number of hydrogen-bond donors (Lipinski definition) is 2. The Hall–Kier alpha value is -2.38. The van der Waals surface area contributed by atoms with Crippen LogP contribution in [0.3, 0.4) is 0 Å². The Bertz CT molecular complexity index is 868. The molecule has 0 saturated heterocycles. The Labute approximate surface area is 135 Å². The summed E-state index contributed by atoms with van der Waals surface area (Å²) in [5, 5.41) is 7.24. The molecule has 1 aromatic carbocycles. The number of carbonyl (C=O) groups excluding carboxylic acids is 1. The van der Waals surface area contributed by atoms with Crippen LogP contribution in [-0.4, -0.2) is 25.5 Å². The van der Waals surface area contributed by atoms with Crippen LogP contribution in [0.25, 0.3) is 5.78 Å². The molecule has 3 rings (SSSR count). The number of nitrogens with zero attached hydrogens (tertiary/aromatic N) is 4. The number of anilines is 2. The van der Waals surface area contributed by atoms with Crippen LogP contribution in [0.15, 0.2) is 24.4 Å². The zero-order valence-corrected chi connectivity index (χ0v) is 12.9. The van der Waals surface area contributed by atoms with Crippen molar-refractivity contribution < 1.29 is 4.79 Å². The number of nitrogens with one attached hydrogen (secondary N) is 1. The summed E-state index contributed by atoms with van der Waals surface area (Å²) in [5.74, 6) is -0.161. The minimum Gasteiger partial charge on any atom is -0.396 e. The Morgan fingerprint density at radius 3 is 2.64 bits per heavy atom. The van der Waals surface area contributed by atoms with Gasteiger partial charge < -0.3 is 11.1 Å². The molecule has 0 aliphatic carbocycles. The first kappa shape index (κ1) is 14.6. The van der Waals surface area contributed by atoms with Gasteiger partial charge in [-0.2, -0.15) is 4.98 Å². The number of fused-ring (bicyclic) bond motifs is 1. The van der Waals surface area contributed by atoms with Crippen LogP contribution in [0.4, 0.5) is 11.4 Å². The first-order valence-electron chi connectivity index (χ1n) is 6.20. The number of hydrogen-bond acceptors (Lipinski definition) is 5. The summed E-state index contributed by atoms with van der Waals surface area (Å²) in [7, 11) is 0. The monoisotopic (exact) mass is 336 g/mol. The van der Waals surface area contributed by atoms with Crippen LogP contribution < -0.4 is 11.1 Å². The van der Waals surface area contributed by atoms with E-state index in [0.29, 0.717) is 11.5 Å². The highest BCUT2D eigenvalue weighted by Crippen LogP contribution is 2.31. The third-order valence-electron chi connectivity index (χ3n) is 2.97. The number of nitrogen functional groups attached to an aromatic ring is 1. The van der Waals surface area contributed by atoms with E-state index < -0.39 is 5.91 Å². The molecule has 7 nitrogen and oxygen atoms in total. The van der Waals surface area contributed by atoms with Crippen LogP contribution in [0, 0.1) is 6.92 Å². The summed E-state index contributed by atoms with van der Waals surface area (Å²) >= 11 is 11.9. The van der Waals surface area contributed by atoms with Gasteiger partial charge in [0.05, 0.1) is 15.7 Å². The highest BCUT2D eigenvalue weighted by Gasteiger charge is 2.15. The fourth-order valence-corrected chi connectivity index (χ4v) is 2.33. The molecular weight excluding hydrogens is 327 g/mol. The molecule has 112 valence electrons. The smallest absolute Gasteiger partial charge is 0.295 e. The predicted molar refractivity (Wildman–Crippen MR) is 84.3 cm³/mol. The van der Waals surface area contributed by atoms with Crippen molar-refractivity contribution in [3.8, 4) is 0 Å². The van der Waals surface area contributed by atoms with Crippen molar-refractivity contribution in [2.75, 3.05) is 11.1 Å². The maximum atomic E-state index is 12.2. The molecule has 0 aliphatic heterocycles. The number of benzene rings is 1. The van der Waals surface area contributed by atoms with Gasteiger partial charge in [0.2, 0.25) is 5.82 Å². The molecule has 1 amide bonds. The number of aromatic nitrogens is 4. The number of carbonyl (C=O) groups is 1. The molecule has 22 heavy (non-hydrogen) atoms. The second-order valence-electron chi connectivity index (χ2n) is 4.54. The quantitative estimate of drug-likeness (QED) is 0.701. The number of aryl methyl sites for hydroxylation is 1. The Morgan fingerprint density at radius 2 is 2.00 bits per heavy atom. The second kappa shape index (κ2) is 5.43. The largest absolute Gasteiger partial charge is 0.396 e. The Balaban J connectivity index is 1.92. The van der Waals surface area contributed by atoms with E-state index in [2.05, 4.69) is 20.4 Å². The number of amides is 1. The average molecular weight is 337 g/mol. The van der Waals surface area contributed by atoms with Gasteiger partial charge in [-0.25, -0.2) is 9.50 Å². The maximum absolute atomic E-state index is 12.2. The molecule has 0 unspecified atom stereocenters. The van der Waals surface area contributed by atoms with Gasteiger partial charge >= 0.3 is 0 Å². The third kappa shape index (κ3) is 2.56. The highest BCUT2D eigenvalue weighted by molar-refractivity contribution is 6.39. The fourth-order valence-electron chi connectivity index (χ4n) is 1.85. The lowest BCUT2D eigenvalue weighted by Gasteiger charge is -2.06. The molecule has 2 heterocycles. The fraction of sp³-hybridized carbons (Fsp3) is 0.0769. The molecule has 0 fully saturated rings. The van der Waals surface area contributed by atoms with Gasteiger partial charge in [0.15, 0.2) is 0 Å². The summed E-state index contributed by atoms with van der Waals surface area (Å²) in [6, 6.07) is 4.77. The molecule has 0 bridgehead atoms. The molecule has 0 aliphatic rings. The summed E-state index contributed by atoms with van der Waals surface area (Å²) in [4.78, 5) is 20.3. The lowest BCUT2D eigenvalue weighted by molar-refractivity contribution is 0.101. The van der Waals surface area contributed by atoms with Crippen molar-refractivity contribution in [3.63, 3.8) is 0 Å². The van der Waals surface area contributed by atoms with Gasteiger partial charge in [0.25, 0.3) is 11.7 Å². The van der Waals surface area contributed by atoms with E-state index in [-0.39, 0.29) is 21.6 Å². The first-order chi connectivity index (χ1) is 10.5. The Morgan fingerprint density at radius 1 is 1.32 bits per heavy atom. The average Bonchev–Trinajstić information content (AvgIpc) is 2.90. The molecule has 3 N–H and O–H groups in total. The maximum Gasteiger partial charge on any atom is 0.295 e. The zero-order valence-electron chi connectivity index (χ0n) is 11.3. The van der Waals surface area contributed by atoms with Crippen molar-refractivity contribution in [2.24, 2.45) is 0 Å². The van der Waals surface area contributed by atoms with Crippen molar-refractivity contribution in [1.29, 1.82) is 0 Å². The minimum atomic E-state index is -0.498. The molecule has 0 atom stereocenters. The highest BCUT2D eigenvalue weighted by atomic mass is 35.5. The number of halogens is 2. The van der Waals surface area contributed by atoms with Gasteiger partial charge in [-0.3, -0.25) is 4.79 Å². The van der Waals surface area contributed by atoms with Crippen molar-refractivity contribution in [2.45, 2.75) is 6.92 Å². The summed E-state index contributed by atoms with van der Waals surface area (Å²) in [6.45, 7) is 1.84. The van der Waals surface area contributed by atoms with E-state index in [0.717, 1.165) is 5.69 Å². The SMILES string of the molecule is Cc1ccnc2nc(C(=O)Nc3cc(Cl)c(N)c(Cl)c3)nn12. The van der Waals surface area contributed by atoms with Crippen molar-refractivity contribution >= 4 is 46.3 Å². The van der Waals surface area contributed by atoms with E-state index in [4.69, 9.17) is 28.9 Å². The number of nitrogens with two attached hydrogens (primary N) is 1. The number of rotatable bonds is 2. The molecule has 0 saturated carbocycles. The predicted octanol–water partition coefficient (Wildman–Crippen LogP) is 2.57. The summed E-state index contributed by atoms with van der Waals surface area (Å²) < 4.78 is 1.48. The van der Waals surface area contributed by atoms with Crippen LogP contribution in [-0.2, 0) is 0 Å². The van der Waals surface area contributed by atoms with E-state index in [1.807, 2.05) is 6.92 Å². The van der Waals surface area contributed by atoms with Crippen LogP contribution in [0.5, 0.6) is 0 Å². The topological polar surface area (TPSA) is 98.2 Å². The molecule has 0 spiro atoms. The third-order valence-corrected chi connectivity index (χ3v) is 3.60. The van der Waals surface area contributed by atoms with Gasteiger partial charge in [0.1, 0.15) is 0 Å².